The predicted molar refractivity (Wildman–Crippen MR) is 77.2 cm³/mol. The first-order chi connectivity index (χ1) is 9.41. The summed E-state index contributed by atoms with van der Waals surface area (Å²) >= 11 is 0. The maximum absolute atomic E-state index is 12.1. The van der Waals surface area contributed by atoms with Gasteiger partial charge in [-0.1, -0.05) is 39.7 Å². The number of sulfone groups is 1. The van der Waals surface area contributed by atoms with E-state index in [1.165, 1.54) is 0 Å². The number of carbonyl (C=O) groups is 1. The van der Waals surface area contributed by atoms with Crippen LogP contribution in [0.1, 0.15) is 53.0 Å². The van der Waals surface area contributed by atoms with Crippen molar-refractivity contribution in [2.45, 2.75) is 52.3 Å². The lowest BCUT2D eigenvalue weighted by Crippen LogP contribution is -2.38. The van der Waals surface area contributed by atoms with Crippen LogP contribution in [0.25, 0.3) is 0 Å². The minimum absolute atomic E-state index is 0.113. The lowest BCUT2D eigenvalue weighted by molar-refractivity contribution is -0.129. The summed E-state index contributed by atoms with van der Waals surface area (Å²) in [5, 5.41) is 9.70. The molecule has 1 heterocycles. The number of aromatic nitrogens is 2. The van der Waals surface area contributed by atoms with Gasteiger partial charge in [0.05, 0.1) is 0 Å². The summed E-state index contributed by atoms with van der Waals surface area (Å²) in [5.74, 6) is 0.220. The summed E-state index contributed by atoms with van der Waals surface area (Å²) in [4.78, 5) is 12.1. The topological polar surface area (TPSA) is 102 Å². The zero-order valence-corrected chi connectivity index (χ0v) is 14.1. The molecule has 1 aromatic heterocycles. The fourth-order valence-corrected chi connectivity index (χ4v) is 2.00. The number of nitrogens with one attached hydrogen (secondary N) is 1. The van der Waals surface area contributed by atoms with Gasteiger partial charge in [0.15, 0.2) is 0 Å². The van der Waals surface area contributed by atoms with Crippen molar-refractivity contribution in [3.8, 4) is 0 Å². The van der Waals surface area contributed by atoms with Gasteiger partial charge in [-0.15, -0.1) is 5.10 Å². The molecule has 1 amide bonds. The molecule has 0 aliphatic carbocycles. The third kappa shape index (κ3) is 5.11. The fourth-order valence-electron chi connectivity index (χ4n) is 1.58. The van der Waals surface area contributed by atoms with Gasteiger partial charge in [-0.05, 0) is 12.3 Å². The Hall–Kier alpha value is -1.44. The lowest BCUT2D eigenvalue weighted by atomic mass is 9.94. The fraction of sp³-hybridized carbons (Fsp3) is 0.769. The Morgan fingerprint density at radius 3 is 2.24 bits per heavy atom. The monoisotopic (exact) mass is 317 g/mol. The van der Waals surface area contributed by atoms with E-state index in [0.717, 1.165) is 6.26 Å². The van der Waals surface area contributed by atoms with Crippen LogP contribution in [0.15, 0.2) is 9.64 Å². The van der Waals surface area contributed by atoms with Crippen molar-refractivity contribution < 1.29 is 17.6 Å². The Morgan fingerprint density at radius 2 is 1.86 bits per heavy atom. The molecule has 7 nitrogen and oxygen atoms in total. The van der Waals surface area contributed by atoms with Crippen LogP contribution in [0, 0.1) is 11.3 Å². The maximum Gasteiger partial charge on any atom is 0.335 e. The summed E-state index contributed by atoms with van der Waals surface area (Å²) in [6.07, 6.45) is 1.57. The average Bonchev–Trinajstić information content (AvgIpc) is 2.74. The Balaban J connectivity index is 3.03. The molecule has 1 N–H and O–H groups in total. The Morgan fingerprint density at radius 1 is 1.29 bits per heavy atom. The quantitative estimate of drug-likeness (QED) is 0.887. The second-order valence-electron chi connectivity index (χ2n) is 6.58. The van der Waals surface area contributed by atoms with Gasteiger partial charge in [-0.3, -0.25) is 4.79 Å². The van der Waals surface area contributed by atoms with Gasteiger partial charge in [0, 0.05) is 11.7 Å². The highest BCUT2D eigenvalue weighted by molar-refractivity contribution is 7.90. The van der Waals surface area contributed by atoms with Gasteiger partial charge in [-0.25, -0.2) is 8.42 Å². The predicted octanol–water partition coefficient (Wildman–Crippen LogP) is 1.72. The zero-order valence-electron chi connectivity index (χ0n) is 13.3. The molecule has 0 aliphatic rings. The van der Waals surface area contributed by atoms with Crippen LogP contribution in [0.5, 0.6) is 0 Å². The maximum atomic E-state index is 12.1. The molecular formula is C13H23N3O4S. The van der Waals surface area contributed by atoms with Crippen molar-refractivity contribution in [2.24, 2.45) is 11.3 Å². The molecule has 8 heteroatoms. The first-order valence-electron chi connectivity index (χ1n) is 6.75. The molecule has 0 saturated carbocycles. The highest BCUT2D eigenvalue weighted by Gasteiger charge is 2.29. The largest absolute Gasteiger partial charge is 0.410 e. The Kier molecular flexibility index (Phi) is 5.14. The molecule has 1 aromatic rings. The van der Waals surface area contributed by atoms with Gasteiger partial charge >= 0.3 is 5.22 Å². The molecule has 0 saturated heterocycles. The standard InChI is InChI=1S/C13H23N3O4S/c1-8(2)7-9(14-11(17)13(3,4)5)10-15-16-12(20-10)21(6,18)19/h8-9H,7H2,1-6H3,(H,14,17)/t9-/m0/s1. The average molecular weight is 317 g/mol. The SMILES string of the molecule is CC(C)C[C@H](NC(=O)C(C)(C)C)c1nnc(S(C)(=O)=O)o1. The second-order valence-corrected chi connectivity index (χ2v) is 8.48. The molecule has 120 valence electrons. The highest BCUT2D eigenvalue weighted by Crippen LogP contribution is 2.24. The van der Waals surface area contributed by atoms with E-state index in [1.807, 2.05) is 13.8 Å². The molecule has 0 fully saturated rings. The van der Waals surface area contributed by atoms with E-state index < -0.39 is 26.5 Å². The van der Waals surface area contributed by atoms with Gasteiger partial charge in [0.1, 0.15) is 6.04 Å². The number of hydrogen-bond acceptors (Lipinski definition) is 6. The van der Waals surface area contributed by atoms with Crippen molar-refractivity contribution in [2.75, 3.05) is 6.26 Å². The first-order valence-corrected chi connectivity index (χ1v) is 8.65. The van der Waals surface area contributed by atoms with Crippen LogP contribution in [-0.4, -0.2) is 30.8 Å². The van der Waals surface area contributed by atoms with E-state index in [4.69, 9.17) is 4.42 Å². The van der Waals surface area contributed by atoms with Crippen molar-refractivity contribution in [1.82, 2.24) is 15.5 Å². The van der Waals surface area contributed by atoms with Crippen molar-refractivity contribution in [3.63, 3.8) is 0 Å². The summed E-state index contributed by atoms with van der Waals surface area (Å²) < 4.78 is 28.0. The molecule has 1 rings (SSSR count). The van der Waals surface area contributed by atoms with Crippen LogP contribution in [0.4, 0.5) is 0 Å². The van der Waals surface area contributed by atoms with Crippen LogP contribution in [0.3, 0.4) is 0 Å². The molecule has 0 unspecified atom stereocenters. The highest BCUT2D eigenvalue weighted by atomic mass is 32.2. The number of amides is 1. The molecule has 1 atom stereocenters. The summed E-state index contributed by atoms with van der Waals surface area (Å²) in [6.45, 7) is 9.37. The first kappa shape index (κ1) is 17.6. The van der Waals surface area contributed by atoms with Crippen LogP contribution in [-0.2, 0) is 14.6 Å². The molecule has 0 radical (unpaired) electrons. The molecular weight excluding hydrogens is 294 g/mol. The summed E-state index contributed by atoms with van der Waals surface area (Å²) in [7, 11) is -3.55. The van der Waals surface area contributed by atoms with E-state index in [-0.39, 0.29) is 17.7 Å². The normalized spacial score (nSPS) is 14.2. The van der Waals surface area contributed by atoms with Crippen LogP contribution >= 0.6 is 0 Å². The number of carbonyl (C=O) groups excluding carboxylic acids is 1. The van der Waals surface area contributed by atoms with Crippen LogP contribution < -0.4 is 5.32 Å². The van der Waals surface area contributed by atoms with E-state index in [9.17, 15) is 13.2 Å². The molecule has 21 heavy (non-hydrogen) atoms. The minimum atomic E-state index is -3.55. The smallest absolute Gasteiger partial charge is 0.335 e. The van der Waals surface area contributed by atoms with E-state index in [2.05, 4.69) is 15.5 Å². The molecule has 0 bridgehead atoms. The zero-order chi connectivity index (χ0) is 16.4. The summed E-state index contributed by atoms with van der Waals surface area (Å²) in [6, 6.07) is -0.500. The van der Waals surface area contributed by atoms with Crippen molar-refractivity contribution in [1.29, 1.82) is 0 Å². The molecule has 0 spiro atoms. The van der Waals surface area contributed by atoms with Crippen LogP contribution in [0.2, 0.25) is 0 Å². The van der Waals surface area contributed by atoms with Gasteiger partial charge in [-0.2, -0.15) is 0 Å². The number of nitrogens with zero attached hydrogens (tertiary/aromatic N) is 2. The van der Waals surface area contributed by atoms with Gasteiger partial charge in [0.25, 0.3) is 0 Å². The Labute approximate surface area is 125 Å². The van der Waals surface area contributed by atoms with E-state index >= 15 is 0 Å². The van der Waals surface area contributed by atoms with E-state index in [1.54, 1.807) is 20.8 Å². The van der Waals surface area contributed by atoms with Crippen molar-refractivity contribution >= 4 is 15.7 Å². The van der Waals surface area contributed by atoms with Gasteiger partial charge in [0.2, 0.25) is 21.6 Å². The minimum Gasteiger partial charge on any atom is -0.410 e. The molecule has 0 aromatic carbocycles. The summed E-state index contributed by atoms with van der Waals surface area (Å²) in [5.41, 5.74) is -0.561. The van der Waals surface area contributed by atoms with E-state index in [0.29, 0.717) is 6.42 Å². The molecule has 0 aliphatic heterocycles. The van der Waals surface area contributed by atoms with Gasteiger partial charge < -0.3 is 9.73 Å². The Bertz CT molecular complexity index is 599. The number of hydrogen-bond donors (Lipinski definition) is 1. The second kappa shape index (κ2) is 6.13. The van der Waals surface area contributed by atoms with Crippen molar-refractivity contribution in [3.05, 3.63) is 5.89 Å². The third-order valence-electron chi connectivity index (χ3n) is 2.73. The third-order valence-corrected chi connectivity index (χ3v) is 3.53. The number of rotatable bonds is 5. The lowest BCUT2D eigenvalue weighted by Gasteiger charge is -2.23.